The van der Waals surface area contributed by atoms with Gasteiger partial charge in [-0.25, -0.2) is 0 Å². The third-order valence-corrected chi connectivity index (χ3v) is 4.63. The minimum atomic E-state index is 0.658. The molecular weight excluding hydrogens is 262 g/mol. The van der Waals surface area contributed by atoms with Gasteiger partial charge in [-0.3, -0.25) is 4.90 Å². The Bertz CT molecular complexity index is 350. The van der Waals surface area contributed by atoms with Crippen molar-refractivity contribution in [1.82, 2.24) is 4.90 Å². The van der Waals surface area contributed by atoms with E-state index in [1.54, 1.807) is 0 Å². The predicted octanol–water partition coefficient (Wildman–Crippen LogP) is 3.60. The largest absolute Gasteiger partial charge is 0.298 e. The van der Waals surface area contributed by atoms with Gasteiger partial charge in [0.15, 0.2) is 0 Å². The van der Waals surface area contributed by atoms with Crippen LogP contribution in [0.15, 0.2) is 24.3 Å². The topological polar surface area (TPSA) is 3.24 Å². The van der Waals surface area contributed by atoms with Crippen LogP contribution >= 0.6 is 15.9 Å². The Hall–Kier alpha value is -0.340. The monoisotopic (exact) mass is 281 g/mol. The Morgan fingerprint density at radius 2 is 2.25 bits per heavy atom. The average molecular weight is 282 g/mol. The summed E-state index contributed by atoms with van der Waals surface area (Å²) in [5.74, 6) is 0.814. The van der Waals surface area contributed by atoms with Gasteiger partial charge in [0.05, 0.1) is 0 Å². The molecule has 0 amide bonds. The maximum Gasteiger partial charge on any atom is 0.0299 e. The smallest absolute Gasteiger partial charge is 0.0299 e. The van der Waals surface area contributed by atoms with Crippen LogP contribution in [-0.2, 0) is 6.54 Å². The molecule has 2 rings (SSSR count). The second kappa shape index (κ2) is 5.33. The van der Waals surface area contributed by atoms with Gasteiger partial charge in [-0.15, -0.1) is 0 Å². The standard InChI is InChI=1S/C14H20BrN/c1-11-4-3-5-13(8-11)9-16-7-6-12(2)14(15)10-16/h3-5,8,12,14H,6-7,9-10H2,1-2H3. The van der Waals surface area contributed by atoms with Gasteiger partial charge in [0.25, 0.3) is 0 Å². The summed E-state index contributed by atoms with van der Waals surface area (Å²) in [6.45, 7) is 8.00. The first-order valence-corrected chi connectivity index (χ1v) is 6.98. The Morgan fingerprint density at radius 1 is 1.44 bits per heavy atom. The number of likely N-dealkylation sites (tertiary alicyclic amines) is 1. The van der Waals surface area contributed by atoms with E-state index in [0.29, 0.717) is 4.83 Å². The molecule has 88 valence electrons. The van der Waals surface area contributed by atoms with Gasteiger partial charge in [-0.2, -0.15) is 0 Å². The van der Waals surface area contributed by atoms with Crippen LogP contribution in [0.1, 0.15) is 24.5 Å². The Kier molecular flexibility index (Phi) is 4.04. The van der Waals surface area contributed by atoms with E-state index in [1.165, 1.54) is 30.6 Å². The molecule has 1 nitrogen and oxygen atoms in total. The van der Waals surface area contributed by atoms with Gasteiger partial charge >= 0.3 is 0 Å². The summed E-state index contributed by atoms with van der Waals surface area (Å²) in [5, 5.41) is 0. The molecule has 0 bridgehead atoms. The number of aryl methyl sites for hydroxylation is 1. The van der Waals surface area contributed by atoms with Crippen LogP contribution in [-0.4, -0.2) is 22.8 Å². The van der Waals surface area contributed by atoms with Crippen LogP contribution in [0.3, 0.4) is 0 Å². The Balaban J connectivity index is 1.95. The van der Waals surface area contributed by atoms with E-state index >= 15 is 0 Å². The first-order chi connectivity index (χ1) is 7.65. The zero-order chi connectivity index (χ0) is 11.5. The highest BCUT2D eigenvalue weighted by Crippen LogP contribution is 2.24. The minimum Gasteiger partial charge on any atom is -0.298 e. The SMILES string of the molecule is Cc1cccc(CN2CCC(C)C(Br)C2)c1. The molecule has 1 saturated heterocycles. The van der Waals surface area contributed by atoms with E-state index in [2.05, 4.69) is 58.9 Å². The molecule has 2 unspecified atom stereocenters. The van der Waals surface area contributed by atoms with Crippen molar-refractivity contribution in [3.05, 3.63) is 35.4 Å². The maximum absolute atomic E-state index is 3.78. The molecule has 1 aliphatic rings. The van der Waals surface area contributed by atoms with E-state index < -0.39 is 0 Å². The van der Waals surface area contributed by atoms with Crippen molar-refractivity contribution in [1.29, 1.82) is 0 Å². The summed E-state index contributed by atoms with van der Waals surface area (Å²) in [5.41, 5.74) is 2.80. The lowest BCUT2D eigenvalue weighted by molar-refractivity contribution is 0.194. The molecule has 0 spiro atoms. The number of alkyl halides is 1. The van der Waals surface area contributed by atoms with Crippen molar-refractivity contribution in [2.45, 2.75) is 31.6 Å². The third kappa shape index (κ3) is 3.08. The quantitative estimate of drug-likeness (QED) is 0.749. The van der Waals surface area contributed by atoms with E-state index in [4.69, 9.17) is 0 Å². The van der Waals surface area contributed by atoms with Crippen LogP contribution in [0, 0.1) is 12.8 Å². The van der Waals surface area contributed by atoms with Crippen LogP contribution in [0.2, 0.25) is 0 Å². The van der Waals surface area contributed by atoms with Gasteiger partial charge in [0, 0.05) is 17.9 Å². The van der Waals surface area contributed by atoms with Crippen molar-refractivity contribution in [3.63, 3.8) is 0 Å². The number of nitrogens with zero attached hydrogens (tertiary/aromatic N) is 1. The molecule has 0 N–H and O–H groups in total. The zero-order valence-electron chi connectivity index (χ0n) is 10.1. The summed E-state index contributed by atoms with van der Waals surface area (Å²) in [6.07, 6.45) is 1.31. The molecule has 1 aromatic rings. The zero-order valence-corrected chi connectivity index (χ0v) is 11.7. The van der Waals surface area contributed by atoms with E-state index in [0.717, 1.165) is 12.5 Å². The van der Waals surface area contributed by atoms with Crippen LogP contribution < -0.4 is 0 Å². The van der Waals surface area contributed by atoms with Crippen LogP contribution in [0.25, 0.3) is 0 Å². The summed E-state index contributed by atoms with van der Waals surface area (Å²) in [7, 11) is 0. The van der Waals surface area contributed by atoms with Gasteiger partial charge in [0.2, 0.25) is 0 Å². The molecule has 0 aromatic heterocycles. The lowest BCUT2D eigenvalue weighted by atomic mass is 9.98. The van der Waals surface area contributed by atoms with Crippen molar-refractivity contribution in [2.24, 2.45) is 5.92 Å². The fourth-order valence-electron chi connectivity index (χ4n) is 2.30. The molecule has 1 aliphatic heterocycles. The summed E-state index contributed by atoms with van der Waals surface area (Å²) < 4.78 is 0. The molecule has 0 saturated carbocycles. The van der Waals surface area contributed by atoms with Crippen LogP contribution in [0.5, 0.6) is 0 Å². The minimum absolute atomic E-state index is 0.658. The van der Waals surface area contributed by atoms with Gasteiger partial charge in [-0.05, 0) is 31.4 Å². The molecule has 0 aliphatic carbocycles. The number of halogens is 1. The average Bonchev–Trinajstić information content (AvgIpc) is 2.24. The fourth-order valence-corrected chi connectivity index (χ4v) is 2.97. The third-order valence-electron chi connectivity index (χ3n) is 3.44. The molecule has 0 radical (unpaired) electrons. The molecule has 2 heteroatoms. The lowest BCUT2D eigenvalue weighted by Crippen LogP contribution is -2.39. The molecule has 1 aromatic carbocycles. The first kappa shape index (κ1) is 12.1. The fraction of sp³-hybridized carbons (Fsp3) is 0.571. The van der Waals surface area contributed by atoms with Crippen molar-refractivity contribution >= 4 is 15.9 Å². The summed E-state index contributed by atoms with van der Waals surface area (Å²) >= 11 is 3.78. The lowest BCUT2D eigenvalue weighted by Gasteiger charge is -2.34. The number of hydrogen-bond acceptors (Lipinski definition) is 1. The highest BCUT2D eigenvalue weighted by molar-refractivity contribution is 9.09. The Labute approximate surface area is 107 Å². The number of benzene rings is 1. The van der Waals surface area contributed by atoms with Crippen molar-refractivity contribution in [3.8, 4) is 0 Å². The maximum atomic E-state index is 3.78. The summed E-state index contributed by atoms with van der Waals surface area (Å²) in [6, 6.07) is 8.84. The molecule has 2 atom stereocenters. The molecule has 1 fully saturated rings. The van der Waals surface area contributed by atoms with Crippen LogP contribution in [0.4, 0.5) is 0 Å². The first-order valence-electron chi connectivity index (χ1n) is 6.07. The van der Waals surface area contributed by atoms with Gasteiger partial charge in [-0.1, -0.05) is 52.7 Å². The highest BCUT2D eigenvalue weighted by atomic mass is 79.9. The number of hydrogen-bond donors (Lipinski definition) is 0. The van der Waals surface area contributed by atoms with E-state index in [1.807, 2.05) is 0 Å². The molecule has 16 heavy (non-hydrogen) atoms. The van der Waals surface area contributed by atoms with Gasteiger partial charge < -0.3 is 0 Å². The van der Waals surface area contributed by atoms with Gasteiger partial charge in [0.1, 0.15) is 0 Å². The van der Waals surface area contributed by atoms with Crippen molar-refractivity contribution in [2.75, 3.05) is 13.1 Å². The second-order valence-electron chi connectivity index (χ2n) is 5.01. The second-order valence-corrected chi connectivity index (χ2v) is 6.18. The molecular formula is C14H20BrN. The van der Waals surface area contributed by atoms with Crippen molar-refractivity contribution < 1.29 is 0 Å². The number of piperidine rings is 1. The molecule has 1 heterocycles. The highest BCUT2D eigenvalue weighted by Gasteiger charge is 2.23. The van der Waals surface area contributed by atoms with E-state index in [-0.39, 0.29) is 0 Å². The summed E-state index contributed by atoms with van der Waals surface area (Å²) in [4.78, 5) is 3.21. The number of rotatable bonds is 2. The normalized spacial score (nSPS) is 26.9. The Morgan fingerprint density at radius 3 is 2.94 bits per heavy atom. The van der Waals surface area contributed by atoms with E-state index in [9.17, 15) is 0 Å². The predicted molar refractivity (Wildman–Crippen MR) is 73.0 cm³/mol.